The molecule has 162 valence electrons. The molecule has 3 rings (SSSR count). The third kappa shape index (κ3) is 5.64. The number of halogens is 1. The summed E-state index contributed by atoms with van der Waals surface area (Å²) in [7, 11) is -2.41. The Morgan fingerprint density at radius 2 is 1.81 bits per heavy atom. The van der Waals surface area contributed by atoms with Crippen molar-refractivity contribution in [2.45, 2.75) is 24.3 Å². The molecule has 0 radical (unpaired) electrons. The molecule has 0 aliphatic heterocycles. The molecule has 0 unspecified atom stereocenters. The van der Waals surface area contributed by atoms with E-state index in [1.165, 1.54) is 19.2 Å². The highest BCUT2D eigenvalue weighted by Gasteiger charge is 2.24. The summed E-state index contributed by atoms with van der Waals surface area (Å²) in [5, 5.41) is 9.93. The molecule has 0 aliphatic rings. The number of hydrogen-bond donors (Lipinski definition) is 2. The van der Waals surface area contributed by atoms with E-state index in [4.69, 9.17) is 16.3 Å². The number of rotatable bonds is 8. The SMILES string of the molecule is COc1ccc([C@@H](CC(=O)O)NS(=O)(=O)c2ccc(C)cc2)cc1-c1cccc(Cl)c1. The van der Waals surface area contributed by atoms with Crippen molar-refractivity contribution in [2.24, 2.45) is 0 Å². The lowest BCUT2D eigenvalue weighted by Gasteiger charge is -2.20. The molecule has 0 saturated carbocycles. The molecule has 0 heterocycles. The molecule has 0 spiro atoms. The maximum absolute atomic E-state index is 12.9. The van der Waals surface area contributed by atoms with Gasteiger partial charge in [0.15, 0.2) is 0 Å². The van der Waals surface area contributed by atoms with E-state index in [2.05, 4.69) is 4.72 Å². The first-order valence-corrected chi connectivity index (χ1v) is 11.3. The zero-order valence-electron chi connectivity index (χ0n) is 17.0. The Kier molecular flexibility index (Phi) is 7.00. The minimum absolute atomic E-state index is 0.0667. The van der Waals surface area contributed by atoms with Crippen molar-refractivity contribution < 1.29 is 23.1 Å². The summed E-state index contributed by atoms with van der Waals surface area (Å²) < 4.78 is 33.7. The average molecular weight is 460 g/mol. The van der Waals surface area contributed by atoms with Crippen molar-refractivity contribution in [3.05, 3.63) is 82.9 Å². The monoisotopic (exact) mass is 459 g/mol. The normalized spacial score (nSPS) is 12.4. The number of carboxylic acid groups (broad SMARTS) is 1. The van der Waals surface area contributed by atoms with Gasteiger partial charge in [-0.3, -0.25) is 4.79 Å². The van der Waals surface area contributed by atoms with Gasteiger partial charge >= 0.3 is 5.97 Å². The van der Waals surface area contributed by atoms with Crippen LogP contribution in [0.3, 0.4) is 0 Å². The van der Waals surface area contributed by atoms with E-state index >= 15 is 0 Å². The predicted octanol–water partition coefficient (Wildman–Crippen LogP) is 4.82. The fourth-order valence-corrected chi connectivity index (χ4v) is 4.61. The summed E-state index contributed by atoms with van der Waals surface area (Å²) in [5.74, 6) is -0.571. The van der Waals surface area contributed by atoms with Crippen molar-refractivity contribution in [3.63, 3.8) is 0 Å². The van der Waals surface area contributed by atoms with Gasteiger partial charge in [0.25, 0.3) is 0 Å². The topological polar surface area (TPSA) is 92.7 Å². The molecular weight excluding hydrogens is 438 g/mol. The van der Waals surface area contributed by atoms with Gasteiger partial charge in [0, 0.05) is 10.6 Å². The Labute approximate surface area is 186 Å². The number of carbonyl (C=O) groups is 1. The van der Waals surface area contributed by atoms with E-state index < -0.39 is 28.5 Å². The summed E-state index contributed by atoms with van der Waals surface area (Å²) in [5.41, 5.74) is 2.85. The lowest BCUT2D eigenvalue weighted by Crippen LogP contribution is -2.30. The van der Waals surface area contributed by atoms with Crippen LogP contribution in [-0.4, -0.2) is 26.6 Å². The van der Waals surface area contributed by atoms with Crippen LogP contribution in [0.1, 0.15) is 23.6 Å². The van der Waals surface area contributed by atoms with Gasteiger partial charge in [-0.15, -0.1) is 0 Å². The van der Waals surface area contributed by atoms with Gasteiger partial charge in [-0.05, 0) is 54.4 Å². The molecular formula is C23H22ClNO5S. The minimum atomic E-state index is -3.94. The molecule has 0 aliphatic carbocycles. The molecule has 1 atom stereocenters. The number of ether oxygens (including phenoxy) is 1. The summed E-state index contributed by atoms with van der Waals surface area (Å²) in [6.45, 7) is 1.85. The smallest absolute Gasteiger partial charge is 0.305 e. The lowest BCUT2D eigenvalue weighted by atomic mass is 9.97. The largest absolute Gasteiger partial charge is 0.496 e. The molecule has 6 nitrogen and oxygen atoms in total. The van der Waals surface area contributed by atoms with Gasteiger partial charge in [-0.25, -0.2) is 13.1 Å². The average Bonchev–Trinajstić information content (AvgIpc) is 2.72. The van der Waals surface area contributed by atoms with E-state index in [-0.39, 0.29) is 4.90 Å². The summed E-state index contributed by atoms with van der Waals surface area (Å²) in [6, 6.07) is 17.5. The fraction of sp³-hybridized carbons (Fsp3) is 0.174. The molecule has 2 N–H and O–H groups in total. The van der Waals surface area contributed by atoms with Crippen LogP contribution in [0.25, 0.3) is 11.1 Å². The molecule has 3 aromatic carbocycles. The third-order valence-electron chi connectivity index (χ3n) is 4.77. The van der Waals surface area contributed by atoms with E-state index in [9.17, 15) is 18.3 Å². The molecule has 0 amide bonds. The number of aliphatic carboxylic acids is 1. The summed E-state index contributed by atoms with van der Waals surface area (Å²) in [6.07, 6.45) is -0.424. The Hall–Kier alpha value is -2.87. The van der Waals surface area contributed by atoms with E-state index in [1.807, 2.05) is 13.0 Å². The summed E-state index contributed by atoms with van der Waals surface area (Å²) in [4.78, 5) is 11.6. The van der Waals surface area contributed by atoms with Crippen molar-refractivity contribution in [3.8, 4) is 16.9 Å². The fourth-order valence-electron chi connectivity index (χ4n) is 3.20. The van der Waals surface area contributed by atoms with E-state index in [0.29, 0.717) is 21.9 Å². The second-order valence-corrected chi connectivity index (χ2v) is 9.21. The van der Waals surface area contributed by atoms with Crippen LogP contribution in [0.2, 0.25) is 5.02 Å². The number of benzene rings is 3. The van der Waals surface area contributed by atoms with Gasteiger partial charge in [-0.1, -0.05) is 47.5 Å². The van der Waals surface area contributed by atoms with Crippen molar-refractivity contribution in [1.29, 1.82) is 0 Å². The molecule has 0 fully saturated rings. The number of nitrogens with one attached hydrogen (secondary N) is 1. The third-order valence-corrected chi connectivity index (χ3v) is 6.49. The highest BCUT2D eigenvalue weighted by Crippen LogP contribution is 2.34. The van der Waals surface area contributed by atoms with Gasteiger partial charge < -0.3 is 9.84 Å². The van der Waals surface area contributed by atoms with Gasteiger partial charge in [0.1, 0.15) is 5.75 Å². The molecule has 3 aromatic rings. The number of sulfonamides is 1. The van der Waals surface area contributed by atoms with Gasteiger partial charge in [-0.2, -0.15) is 0 Å². The molecule has 8 heteroatoms. The van der Waals surface area contributed by atoms with Crippen LogP contribution in [-0.2, 0) is 14.8 Å². The van der Waals surface area contributed by atoms with Gasteiger partial charge in [0.2, 0.25) is 10.0 Å². The first kappa shape index (κ1) is 22.8. The molecule has 0 bridgehead atoms. The number of aryl methyl sites for hydroxylation is 1. The zero-order valence-corrected chi connectivity index (χ0v) is 18.6. The zero-order chi connectivity index (χ0) is 22.6. The lowest BCUT2D eigenvalue weighted by molar-refractivity contribution is -0.137. The number of methoxy groups -OCH3 is 1. The van der Waals surface area contributed by atoms with Crippen LogP contribution in [0.5, 0.6) is 5.75 Å². The molecule has 0 aromatic heterocycles. The first-order chi connectivity index (χ1) is 14.7. The van der Waals surface area contributed by atoms with Crippen LogP contribution >= 0.6 is 11.6 Å². The maximum Gasteiger partial charge on any atom is 0.305 e. The molecule has 0 saturated heterocycles. The highest BCUT2D eigenvalue weighted by atomic mass is 35.5. The maximum atomic E-state index is 12.9. The molecule has 31 heavy (non-hydrogen) atoms. The van der Waals surface area contributed by atoms with Crippen molar-refractivity contribution in [2.75, 3.05) is 7.11 Å². The van der Waals surface area contributed by atoms with Crippen molar-refractivity contribution >= 4 is 27.6 Å². The first-order valence-electron chi connectivity index (χ1n) is 9.44. The van der Waals surface area contributed by atoms with Gasteiger partial charge in [0.05, 0.1) is 24.5 Å². The van der Waals surface area contributed by atoms with Crippen LogP contribution in [0.15, 0.2) is 71.6 Å². The quantitative estimate of drug-likeness (QED) is 0.503. The van der Waals surface area contributed by atoms with E-state index in [0.717, 1.165) is 11.1 Å². The second-order valence-electron chi connectivity index (χ2n) is 7.05. The Morgan fingerprint density at radius 3 is 2.42 bits per heavy atom. The number of carboxylic acids is 1. The van der Waals surface area contributed by atoms with E-state index in [1.54, 1.807) is 48.5 Å². The Balaban J connectivity index is 2.03. The summed E-state index contributed by atoms with van der Waals surface area (Å²) >= 11 is 6.12. The second kappa shape index (κ2) is 9.51. The van der Waals surface area contributed by atoms with Crippen molar-refractivity contribution in [1.82, 2.24) is 4.72 Å². The minimum Gasteiger partial charge on any atom is -0.496 e. The Bertz CT molecular complexity index is 1190. The number of hydrogen-bond acceptors (Lipinski definition) is 4. The standard InChI is InChI=1S/C23H22ClNO5S/c1-15-6-9-19(10-7-15)31(28,29)25-21(14-23(26)27)17-8-11-22(30-2)20(13-17)16-4-3-5-18(24)12-16/h3-13,21,25H,14H2,1-2H3,(H,26,27)/t21-/m1/s1. The van der Waals surface area contributed by atoms with Crippen LogP contribution in [0, 0.1) is 6.92 Å². The highest BCUT2D eigenvalue weighted by molar-refractivity contribution is 7.89. The van der Waals surface area contributed by atoms with Crippen LogP contribution in [0.4, 0.5) is 0 Å². The predicted molar refractivity (Wildman–Crippen MR) is 120 cm³/mol. The Morgan fingerprint density at radius 1 is 1.10 bits per heavy atom. The van der Waals surface area contributed by atoms with Crippen LogP contribution < -0.4 is 9.46 Å².